The second-order valence-electron chi connectivity index (χ2n) is 10.2. The van der Waals surface area contributed by atoms with Gasteiger partial charge >= 0.3 is 6.09 Å². The number of hydrogen-bond acceptors (Lipinski definition) is 4. The van der Waals surface area contributed by atoms with E-state index in [1.807, 2.05) is 34.6 Å². The molecule has 0 saturated heterocycles. The highest BCUT2D eigenvalue weighted by Crippen LogP contribution is 2.27. The molecule has 3 amide bonds. The van der Waals surface area contributed by atoms with Crippen LogP contribution in [0.4, 0.5) is 4.79 Å². The SMILES string of the molecule is C#Cc1ccccc1C(C(=O)NC(C)C)N(CCCC)C(=O)C(NC(=O)OC(C)(C)C)C(C)CC. The van der Waals surface area contributed by atoms with Crippen molar-refractivity contribution in [3.63, 3.8) is 0 Å². The largest absolute Gasteiger partial charge is 0.444 e. The summed E-state index contributed by atoms with van der Waals surface area (Å²) in [5.41, 5.74) is 0.421. The molecule has 7 heteroatoms. The molecule has 0 radical (unpaired) electrons. The summed E-state index contributed by atoms with van der Waals surface area (Å²) in [5.74, 6) is 1.81. The smallest absolute Gasteiger partial charge is 0.408 e. The molecule has 194 valence electrons. The van der Waals surface area contributed by atoms with E-state index in [9.17, 15) is 14.4 Å². The van der Waals surface area contributed by atoms with Crippen LogP contribution in [-0.2, 0) is 14.3 Å². The Labute approximate surface area is 211 Å². The van der Waals surface area contributed by atoms with Gasteiger partial charge in [0.25, 0.3) is 0 Å². The number of amides is 3. The highest BCUT2D eigenvalue weighted by molar-refractivity contribution is 5.92. The van der Waals surface area contributed by atoms with Gasteiger partial charge in [0, 0.05) is 18.2 Å². The number of carbonyl (C=O) groups excluding carboxylic acids is 3. The van der Waals surface area contributed by atoms with Crippen LogP contribution >= 0.6 is 0 Å². The Morgan fingerprint density at radius 1 is 1.09 bits per heavy atom. The lowest BCUT2D eigenvalue weighted by atomic mass is 9.94. The summed E-state index contributed by atoms with van der Waals surface area (Å²) >= 11 is 0. The van der Waals surface area contributed by atoms with Gasteiger partial charge in [0.2, 0.25) is 11.8 Å². The zero-order valence-corrected chi connectivity index (χ0v) is 22.6. The minimum Gasteiger partial charge on any atom is -0.444 e. The molecule has 0 fully saturated rings. The monoisotopic (exact) mass is 485 g/mol. The van der Waals surface area contributed by atoms with Gasteiger partial charge in [-0.2, -0.15) is 0 Å². The van der Waals surface area contributed by atoms with Crippen molar-refractivity contribution in [2.75, 3.05) is 6.54 Å². The van der Waals surface area contributed by atoms with E-state index in [-0.39, 0.29) is 23.8 Å². The van der Waals surface area contributed by atoms with Crippen molar-refractivity contribution < 1.29 is 19.1 Å². The first-order chi connectivity index (χ1) is 16.4. The number of rotatable bonds is 11. The Morgan fingerprint density at radius 2 is 1.71 bits per heavy atom. The van der Waals surface area contributed by atoms with Crippen LogP contribution in [0.5, 0.6) is 0 Å². The van der Waals surface area contributed by atoms with Crippen LogP contribution in [-0.4, -0.2) is 47.0 Å². The molecule has 0 heterocycles. The molecule has 7 nitrogen and oxygen atoms in total. The molecule has 2 N–H and O–H groups in total. The summed E-state index contributed by atoms with van der Waals surface area (Å²) in [6, 6.07) is 5.23. The van der Waals surface area contributed by atoms with Crippen LogP contribution in [0, 0.1) is 18.3 Å². The quantitative estimate of drug-likeness (QED) is 0.441. The number of ether oxygens (including phenoxy) is 1. The number of terminal acetylenes is 1. The Bertz CT molecular complexity index is 898. The number of benzene rings is 1. The molecule has 0 aliphatic heterocycles. The molecule has 3 atom stereocenters. The van der Waals surface area contributed by atoms with E-state index in [1.165, 1.54) is 0 Å². The normalized spacial score (nSPS) is 13.8. The van der Waals surface area contributed by atoms with Crippen molar-refractivity contribution in [3.05, 3.63) is 35.4 Å². The number of alkyl carbamates (subject to hydrolysis) is 1. The van der Waals surface area contributed by atoms with Crippen LogP contribution in [0.25, 0.3) is 0 Å². The third-order valence-electron chi connectivity index (χ3n) is 5.59. The highest BCUT2D eigenvalue weighted by Gasteiger charge is 2.38. The van der Waals surface area contributed by atoms with E-state index in [4.69, 9.17) is 11.2 Å². The van der Waals surface area contributed by atoms with E-state index in [1.54, 1.807) is 49.9 Å². The van der Waals surface area contributed by atoms with Crippen LogP contribution in [0.2, 0.25) is 0 Å². The minimum atomic E-state index is -0.935. The fourth-order valence-electron chi connectivity index (χ4n) is 3.67. The van der Waals surface area contributed by atoms with Crippen LogP contribution in [0.1, 0.15) is 91.8 Å². The van der Waals surface area contributed by atoms with Gasteiger partial charge in [-0.15, -0.1) is 6.42 Å². The van der Waals surface area contributed by atoms with Gasteiger partial charge in [-0.3, -0.25) is 9.59 Å². The summed E-state index contributed by atoms with van der Waals surface area (Å²) in [7, 11) is 0. The van der Waals surface area contributed by atoms with Gasteiger partial charge in [0.1, 0.15) is 17.7 Å². The van der Waals surface area contributed by atoms with Gasteiger partial charge in [0.05, 0.1) is 0 Å². The van der Waals surface area contributed by atoms with Crippen molar-refractivity contribution in [2.45, 2.75) is 98.4 Å². The lowest BCUT2D eigenvalue weighted by molar-refractivity contribution is -0.143. The Hall–Kier alpha value is -3.01. The highest BCUT2D eigenvalue weighted by atomic mass is 16.6. The van der Waals surface area contributed by atoms with Crippen molar-refractivity contribution in [2.24, 2.45) is 5.92 Å². The third kappa shape index (κ3) is 9.28. The summed E-state index contributed by atoms with van der Waals surface area (Å²) in [6.07, 6.45) is 7.26. The lowest BCUT2D eigenvalue weighted by Gasteiger charge is -2.36. The second kappa shape index (κ2) is 13.8. The van der Waals surface area contributed by atoms with E-state index >= 15 is 0 Å². The Balaban J connectivity index is 3.57. The predicted molar refractivity (Wildman–Crippen MR) is 140 cm³/mol. The van der Waals surface area contributed by atoms with Crippen molar-refractivity contribution in [1.29, 1.82) is 0 Å². The first kappa shape index (κ1) is 30.0. The van der Waals surface area contributed by atoms with E-state index in [0.717, 1.165) is 6.42 Å². The molecule has 3 unspecified atom stereocenters. The van der Waals surface area contributed by atoms with Gasteiger partial charge in [-0.25, -0.2) is 4.79 Å². The first-order valence-electron chi connectivity index (χ1n) is 12.5. The van der Waals surface area contributed by atoms with E-state index < -0.39 is 23.8 Å². The fourth-order valence-corrected chi connectivity index (χ4v) is 3.67. The predicted octanol–water partition coefficient (Wildman–Crippen LogP) is 4.80. The topological polar surface area (TPSA) is 87.7 Å². The molecular formula is C28H43N3O4. The molecule has 0 aliphatic rings. The molecule has 1 aromatic rings. The number of nitrogens with one attached hydrogen (secondary N) is 2. The first-order valence-corrected chi connectivity index (χ1v) is 12.5. The van der Waals surface area contributed by atoms with Crippen LogP contribution < -0.4 is 10.6 Å². The standard InChI is InChI=1S/C28H43N3O4/c1-10-13-18-31(26(33)23(20(6)11-2)30-27(34)35-28(7,8)9)24(25(32)29-19(4)5)22-17-15-14-16-21(22)12-3/h3,14-17,19-20,23-24H,10-11,13,18H2,1-2,4-9H3,(H,29,32)(H,30,34). The lowest BCUT2D eigenvalue weighted by Crippen LogP contribution is -2.55. The number of unbranched alkanes of at least 4 members (excludes halogenated alkanes) is 1. The molecule has 1 rings (SSSR count). The fraction of sp³-hybridized carbons (Fsp3) is 0.607. The molecule has 0 saturated carbocycles. The summed E-state index contributed by atoms with van der Waals surface area (Å²) in [5, 5.41) is 5.72. The maximum atomic E-state index is 14.1. The Morgan fingerprint density at radius 3 is 2.23 bits per heavy atom. The van der Waals surface area contributed by atoms with Gasteiger partial charge in [-0.05, 0) is 58.6 Å². The van der Waals surface area contributed by atoms with E-state index in [2.05, 4.69) is 16.6 Å². The van der Waals surface area contributed by atoms with Crippen LogP contribution in [0.3, 0.4) is 0 Å². The zero-order valence-electron chi connectivity index (χ0n) is 22.6. The van der Waals surface area contributed by atoms with Crippen molar-refractivity contribution >= 4 is 17.9 Å². The molecule has 0 aromatic heterocycles. The maximum absolute atomic E-state index is 14.1. The summed E-state index contributed by atoms with van der Waals surface area (Å²) in [6.45, 7) is 15.2. The molecule has 0 bridgehead atoms. The van der Waals surface area contributed by atoms with Gasteiger partial charge in [0.15, 0.2) is 0 Å². The van der Waals surface area contributed by atoms with Crippen LogP contribution in [0.15, 0.2) is 24.3 Å². The van der Waals surface area contributed by atoms with Gasteiger partial charge < -0.3 is 20.3 Å². The maximum Gasteiger partial charge on any atom is 0.408 e. The molecule has 1 aromatic carbocycles. The number of nitrogens with zero attached hydrogens (tertiary/aromatic N) is 1. The molecule has 35 heavy (non-hydrogen) atoms. The summed E-state index contributed by atoms with van der Waals surface area (Å²) in [4.78, 5) is 41.8. The number of hydrogen-bond donors (Lipinski definition) is 2. The van der Waals surface area contributed by atoms with Crippen molar-refractivity contribution in [1.82, 2.24) is 15.5 Å². The average molecular weight is 486 g/mol. The number of carbonyl (C=O) groups is 3. The van der Waals surface area contributed by atoms with Gasteiger partial charge in [-0.1, -0.05) is 57.7 Å². The molecular weight excluding hydrogens is 442 g/mol. The van der Waals surface area contributed by atoms with Crippen molar-refractivity contribution in [3.8, 4) is 12.3 Å². The second-order valence-corrected chi connectivity index (χ2v) is 10.2. The summed E-state index contributed by atoms with van der Waals surface area (Å²) < 4.78 is 5.43. The molecule has 0 spiro atoms. The minimum absolute atomic E-state index is 0.128. The van der Waals surface area contributed by atoms with E-state index in [0.29, 0.717) is 30.5 Å². The molecule has 0 aliphatic carbocycles. The average Bonchev–Trinajstić information content (AvgIpc) is 2.77. The third-order valence-corrected chi connectivity index (χ3v) is 5.59. The Kier molecular flexibility index (Phi) is 11.8. The zero-order chi connectivity index (χ0) is 26.8.